The topological polar surface area (TPSA) is 66.7 Å². The number of nitrogens with zero attached hydrogens (tertiary/aromatic N) is 4. The second-order valence-electron chi connectivity index (χ2n) is 8.23. The fourth-order valence-electron chi connectivity index (χ4n) is 4.33. The Kier molecular flexibility index (Phi) is 4.80. The highest BCUT2D eigenvalue weighted by molar-refractivity contribution is 5.84. The number of rotatable bonds is 4. The van der Waals surface area contributed by atoms with Crippen molar-refractivity contribution in [3.8, 4) is 35.0 Å². The van der Waals surface area contributed by atoms with Gasteiger partial charge in [0.25, 0.3) is 0 Å². The summed E-state index contributed by atoms with van der Waals surface area (Å²) < 4.78 is 10.2. The molecule has 4 aromatic carbocycles. The van der Waals surface area contributed by atoms with Crippen molar-refractivity contribution in [2.75, 3.05) is 0 Å². The maximum Gasteiger partial charge on any atom is 0.127 e. The summed E-state index contributed by atoms with van der Waals surface area (Å²) in [5.41, 5.74) is 5.25. The number of ether oxygens (including phenoxy) is 1. The van der Waals surface area contributed by atoms with Gasteiger partial charge in [-0.3, -0.25) is 0 Å². The van der Waals surface area contributed by atoms with Crippen molar-refractivity contribution in [1.29, 1.82) is 10.5 Å². The molecule has 2 aromatic heterocycles. The van der Waals surface area contributed by atoms with Crippen molar-refractivity contribution in [3.63, 3.8) is 0 Å². The minimum Gasteiger partial charge on any atom is -0.457 e. The van der Waals surface area contributed by atoms with Gasteiger partial charge < -0.3 is 13.9 Å². The van der Waals surface area contributed by atoms with Crippen LogP contribution in [-0.4, -0.2) is 9.13 Å². The van der Waals surface area contributed by atoms with Gasteiger partial charge in [0.05, 0.1) is 34.3 Å². The Hall–Kier alpha value is -5.26. The average Bonchev–Trinajstić information content (AvgIpc) is 3.53. The molecule has 0 amide bonds. The molecule has 0 atom stereocenters. The molecule has 6 aromatic rings. The Morgan fingerprint density at radius 2 is 0.943 bits per heavy atom. The predicted octanol–water partition coefficient (Wildman–Crippen LogP) is 7.11. The van der Waals surface area contributed by atoms with Crippen LogP contribution in [0.25, 0.3) is 33.2 Å². The molecule has 0 unspecified atom stereocenters. The molecule has 5 nitrogen and oxygen atoms in total. The number of benzene rings is 4. The summed E-state index contributed by atoms with van der Waals surface area (Å²) in [5, 5.41) is 20.6. The summed E-state index contributed by atoms with van der Waals surface area (Å²) in [6, 6.07) is 35.6. The highest BCUT2D eigenvalue weighted by atomic mass is 16.5. The van der Waals surface area contributed by atoms with Crippen LogP contribution in [0.4, 0.5) is 0 Å². The first-order valence-corrected chi connectivity index (χ1v) is 11.1. The van der Waals surface area contributed by atoms with Gasteiger partial charge in [-0.05, 0) is 84.9 Å². The van der Waals surface area contributed by atoms with Crippen LogP contribution >= 0.6 is 0 Å². The SMILES string of the molecule is N#Cc1ccc2ccn(-c3ccc(Oc4ccc(-n5ccc6ccc(C#N)cc65)cc4)cc3)c2c1. The van der Waals surface area contributed by atoms with Crippen LogP contribution in [0.3, 0.4) is 0 Å². The lowest BCUT2D eigenvalue weighted by Crippen LogP contribution is -1.93. The van der Waals surface area contributed by atoms with Crippen LogP contribution in [0.15, 0.2) is 109 Å². The van der Waals surface area contributed by atoms with E-state index < -0.39 is 0 Å². The Morgan fingerprint density at radius 3 is 1.34 bits per heavy atom. The second-order valence-corrected chi connectivity index (χ2v) is 8.23. The van der Waals surface area contributed by atoms with Crippen LogP contribution in [0.2, 0.25) is 0 Å². The number of aromatic nitrogens is 2. The minimum absolute atomic E-state index is 0.638. The number of nitriles is 2. The van der Waals surface area contributed by atoms with E-state index in [1.807, 2.05) is 109 Å². The van der Waals surface area contributed by atoms with Gasteiger partial charge in [-0.2, -0.15) is 10.5 Å². The summed E-state index contributed by atoms with van der Waals surface area (Å²) in [5.74, 6) is 1.47. The quantitative estimate of drug-likeness (QED) is 0.287. The largest absolute Gasteiger partial charge is 0.457 e. The van der Waals surface area contributed by atoms with Crippen LogP contribution in [0, 0.1) is 22.7 Å². The van der Waals surface area contributed by atoms with Crippen LogP contribution in [0.5, 0.6) is 11.5 Å². The smallest absolute Gasteiger partial charge is 0.127 e. The number of hydrogen-bond donors (Lipinski definition) is 0. The van der Waals surface area contributed by atoms with Gasteiger partial charge in [0, 0.05) is 34.5 Å². The highest BCUT2D eigenvalue weighted by Crippen LogP contribution is 2.28. The molecule has 0 aliphatic rings. The molecule has 0 fully saturated rings. The van der Waals surface area contributed by atoms with Crippen molar-refractivity contribution in [2.24, 2.45) is 0 Å². The first-order valence-electron chi connectivity index (χ1n) is 11.1. The Bertz CT molecular complexity index is 1640. The van der Waals surface area contributed by atoms with Gasteiger partial charge in [0.2, 0.25) is 0 Å². The van der Waals surface area contributed by atoms with Crippen molar-refractivity contribution in [1.82, 2.24) is 9.13 Å². The zero-order valence-electron chi connectivity index (χ0n) is 18.6. The average molecular weight is 451 g/mol. The molecule has 0 aliphatic heterocycles. The molecule has 2 heterocycles. The molecular weight excluding hydrogens is 432 g/mol. The molecule has 35 heavy (non-hydrogen) atoms. The van der Waals surface area contributed by atoms with E-state index in [1.165, 1.54) is 0 Å². The minimum atomic E-state index is 0.638. The van der Waals surface area contributed by atoms with E-state index in [9.17, 15) is 10.5 Å². The monoisotopic (exact) mass is 450 g/mol. The summed E-state index contributed by atoms with van der Waals surface area (Å²) in [6.07, 6.45) is 4.01. The second kappa shape index (κ2) is 8.26. The molecule has 0 radical (unpaired) electrons. The predicted molar refractivity (Wildman–Crippen MR) is 136 cm³/mol. The third kappa shape index (κ3) is 3.68. The fraction of sp³-hybridized carbons (Fsp3) is 0. The Morgan fingerprint density at radius 1 is 0.514 bits per heavy atom. The molecule has 0 N–H and O–H groups in total. The molecule has 0 bridgehead atoms. The lowest BCUT2D eigenvalue weighted by atomic mass is 10.2. The standard InChI is InChI=1S/C30H18N4O/c31-19-21-1-3-23-13-15-33(29(23)17-21)25-5-9-27(10-6-25)35-28-11-7-26(8-12-28)34-16-14-24-4-2-22(20-32)18-30(24)34/h1-18H. The van der Waals surface area contributed by atoms with Crippen molar-refractivity contribution in [2.45, 2.75) is 0 Å². The molecule has 0 saturated carbocycles. The summed E-state index contributed by atoms with van der Waals surface area (Å²) in [7, 11) is 0. The maximum absolute atomic E-state index is 9.22. The highest BCUT2D eigenvalue weighted by Gasteiger charge is 2.07. The molecule has 164 valence electrons. The third-order valence-corrected chi connectivity index (χ3v) is 6.11. The van der Waals surface area contributed by atoms with E-state index in [4.69, 9.17) is 4.74 Å². The number of hydrogen-bond acceptors (Lipinski definition) is 3. The molecule has 5 heteroatoms. The number of fused-ring (bicyclic) bond motifs is 2. The molecular formula is C30H18N4O. The van der Waals surface area contributed by atoms with Crippen LogP contribution in [0.1, 0.15) is 11.1 Å². The van der Waals surface area contributed by atoms with Gasteiger partial charge in [-0.1, -0.05) is 12.1 Å². The van der Waals surface area contributed by atoms with Crippen LogP contribution in [-0.2, 0) is 0 Å². The Labute approximate surface area is 201 Å². The maximum atomic E-state index is 9.22. The van der Waals surface area contributed by atoms with Gasteiger partial charge >= 0.3 is 0 Å². The van der Waals surface area contributed by atoms with E-state index >= 15 is 0 Å². The molecule has 0 saturated heterocycles. The normalized spacial score (nSPS) is 10.8. The lowest BCUT2D eigenvalue weighted by Gasteiger charge is -2.10. The summed E-state index contributed by atoms with van der Waals surface area (Å²) in [4.78, 5) is 0. The van der Waals surface area contributed by atoms with Gasteiger partial charge in [0.15, 0.2) is 0 Å². The van der Waals surface area contributed by atoms with Crippen molar-refractivity contribution in [3.05, 3.63) is 121 Å². The zero-order valence-corrected chi connectivity index (χ0v) is 18.6. The first kappa shape index (κ1) is 20.4. The van der Waals surface area contributed by atoms with Crippen LogP contribution < -0.4 is 4.74 Å². The van der Waals surface area contributed by atoms with E-state index in [0.29, 0.717) is 11.1 Å². The molecule has 0 spiro atoms. The Balaban J connectivity index is 1.23. The fourth-order valence-corrected chi connectivity index (χ4v) is 4.33. The van der Waals surface area contributed by atoms with E-state index in [0.717, 1.165) is 44.7 Å². The van der Waals surface area contributed by atoms with Gasteiger partial charge in [0.1, 0.15) is 11.5 Å². The lowest BCUT2D eigenvalue weighted by molar-refractivity contribution is 0.482. The van der Waals surface area contributed by atoms with E-state index in [-0.39, 0.29) is 0 Å². The van der Waals surface area contributed by atoms with E-state index in [1.54, 1.807) is 0 Å². The summed E-state index contributed by atoms with van der Waals surface area (Å²) in [6.45, 7) is 0. The zero-order chi connectivity index (χ0) is 23.8. The first-order chi connectivity index (χ1) is 17.2. The third-order valence-electron chi connectivity index (χ3n) is 6.11. The van der Waals surface area contributed by atoms with Crippen molar-refractivity contribution >= 4 is 21.8 Å². The van der Waals surface area contributed by atoms with E-state index in [2.05, 4.69) is 21.3 Å². The van der Waals surface area contributed by atoms with Gasteiger partial charge in [-0.25, -0.2) is 0 Å². The molecule has 0 aliphatic carbocycles. The summed E-state index contributed by atoms with van der Waals surface area (Å²) >= 11 is 0. The van der Waals surface area contributed by atoms with Gasteiger partial charge in [-0.15, -0.1) is 0 Å². The molecule has 6 rings (SSSR count). The van der Waals surface area contributed by atoms with Crippen molar-refractivity contribution < 1.29 is 4.74 Å².